The highest BCUT2D eigenvalue weighted by Crippen LogP contribution is 2.42. The van der Waals surface area contributed by atoms with Crippen molar-refractivity contribution in [2.45, 2.75) is 24.7 Å². The Kier molecular flexibility index (Phi) is 6.51. The lowest BCUT2D eigenvalue weighted by molar-refractivity contribution is -0.267. The molecule has 4 rings (SSSR count). The van der Waals surface area contributed by atoms with Crippen LogP contribution in [0.25, 0.3) is 16.9 Å². The second kappa shape index (κ2) is 9.20. The van der Waals surface area contributed by atoms with Crippen LogP contribution in [0.1, 0.15) is 12.1 Å². The monoisotopic (exact) mass is 546 g/mol. The number of hydrogen-bond donors (Lipinski definition) is 1. The molecule has 0 bridgehead atoms. The molecule has 0 spiro atoms. The highest BCUT2D eigenvalue weighted by atomic mass is 35.5. The fourth-order valence-electron chi connectivity index (χ4n) is 3.79. The van der Waals surface area contributed by atoms with Gasteiger partial charge in [0.1, 0.15) is 23.9 Å². The van der Waals surface area contributed by atoms with E-state index in [-0.39, 0.29) is 5.56 Å². The van der Waals surface area contributed by atoms with Gasteiger partial charge in [-0.05, 0) is 17.7 Å². The minimum absolute atomic E-state index is 0.174. The predicted octanol–water partition coefficient (Wildman–Crippen LogP) is 2.82. The number of rotatable bonds is 5. The summed E-state index contributed by atoms with van der Waals surface area (Å²) in [6.07, 6.45) is -6.66. The topological polar surface area (TPSA) is 117 Å². The number of benzene rings is 1. The van der Waals surface area contributed by atoms with Crippen molar-refractivity contribution in [1.82, 2.24) is 19.1 Å². The Labute approximate surface area is 207 Å². The molecule has 1 aliphatic heterocycles. The maximum atomic E-state index is 13.8. The van der Waals surface area contributed by atoms with Gasteiger partial charge in [-0.25, -0.2) is 27.5 Å². The van der Waals surface area contributed by atoms with Crippen molar-refractivity contribution in [3.8, 4) is 23.0 Å². The molecule has 3 heterocycles. The molecule has 0 saturated carbocycles. The molecule has 1 aromatic carbocycles. The van der Waals surface area contributed by atoms with Crippen molar-refractivity contribution in [1.29, 1.82) is 5.26 Å². The van der Waals surface area contributed by atoms with E-state index in [0.29, 0.717) is 15.3 Å². The third-order valence-electron chi connectivity index (χ3n) is 5.58. The summed E-state index contributed by atoms with van der Waals surface area (Å²) in [5.74, 6) is -2.05. The molecule has 1 saturated heterocycles. The van der Waals surface area contributed by atoms with Crippen LogP contribution >= 0.6 is 11.6 Å². The Hall–Kier alpha value is -3.90. The van der Waals surface area contributed by atoms with Gasteiger partial charge in [-0.2, -0.15) is 18.4 Å². The number of halogens is 7. The summed E-state index contributed by atoms with van der Waals surface area (Å²) in [5.41, 5.74) is -7.31. The Morgan fingerprint density at radius 3 is 2.46 bits per heavy atom. The zero-order chi connectivity index (χ0) is 27.3. The van der Waals surface area contributed by atoms with E-state index in [4.69, 9.17) is 11.6 Å². The second-order valence-corrected chi connectivity index (χ2v) is 8.39. The number of hydrogen-bond acceptors (Lipinski definition) is 7. The van der Waals surface area contributed by atoms with Crippen LogP contribution in [0.3, 0.4) is 0 Å². The highest BCUT2D eigenvalue weighted by Gasteiger charge is 2.61. The van der Waals surface area contributed by atoms with Gasteiger partial charge in [0.25, 0.3) is 12.0 Å². The molecular weight excluding hydrogens is 534 g/mol. The third-order valence-corrected chi connectivity index (χ3v) is 5.87. The van der Waals surface area contributed by atoms with Gasteiger partial charge in [0.15, 0.2) is 11.4 Å². The molecule has 194 valence electrons. The number of alkyl halides is 5. The molecule has 0 atom stereocenters. The predicted molar refractivity (Wildman–Crippen MR) is 116 cm³/mol. The fraction of sp³-hybridized carbons (Fsp3) is 0.286. The van der Waals surface area contributed by atoms with Gasteiger partial charge in [-0.15, -0.1) is 0 Å². The van der Waals surface area contributed by atoms with E-state index >= 15 is 0 Å². The van der Waals surface area contributed by atoms with Crippen molar-refractivity contribution in [3.05, 3.63) is 68.0 Å². The number of anilines is 1. The summed E-state index contributed by atoms with van der Waals surface area (Å²) >= 11 is 5.83. The minimum Gasteiger partial charge on any atom is -0.378 e. The Morgan fingerprint density at radius 2 is 1.89 bits per heavy atom. The molecule has 9 nitrogen and oxygen atoms in total. The minimum atomic E-state index is -5.05. The van der Waals surface area contributed by atoms with Crippen molar-refractivity contribution >= 4 is 17.4 Å². The first kappa shape index (κ1) is 26.2. The first-order valence-electron chi connectivity index (χ1n) is 10.2. The maximum Gasteiger partial charge on any atom is 0.420 e. The van der Waals surface area contributed by atoms with Crippen molar-refractivity contribution < 1.29 is 31.4 Å². The van der Waals surface area contributed by atoms with Gasteiger partial charge in [0.05, 0.1) is 42.1 Å². The normalized spacial score (nSPS) is 15.0. The molecule has 2 aromatic heterocycles. The molecule has 37 heavy (non-hydrogen) atoms. The van der Waals surface area contributed by atoms with Gasteiger partial charge >= 0.3 is 11.9 Å². The van der Waals surface area contributed by atoms with E-state index in [1.165, 1.54) is 0 Å². The molecule has 1 fully saturated rings. The molecule has 0 amide bonds. The summed E-state index contributed by atoms with van der Waals surface area (Å²) in [5, 5.41) is 18.8. The zero-order valence-corrected chi connectivity index (χ0v) is 18.9. The average molecular weight is 547 g/mol. The van der Waals surface area contributed by atoms with Gasteiger partial charge in [-0.1, -0.05) is 17.7 Å². The van der Waals surface area contributed by atoms with Crippen molar-refractivity contribution in [3.63, 3.8) is 0 Å². The van der Waals surface area contributed by atoms with Crippen molar-refractivity contribution in [2.24, 2.45) is 0 Å². The van der Waals surface area contributed by atoms with Crippen LogP contribution in [-0.4, -0.2) is 49.1 Å². The van der Waals surface area contributed by atoms with E-state index in [2.05, 4.69) is 9.97 Å². The number of nitriles is 1. The Balaban J connectivity index is 2.06. The van der Waals surface area contributed by atoms with E-state index in [9.17, 15) is 46.3 Å². The first-order chi connectivity index (χ1) is 17.3. The van der Waals surface area contributed by atoms with Gasteiger partial charge in [0.2, 0.25) is 0 Å². The van der Waals surface area contributed by atoms with Gasteiger partial charge in [-0.3, -0.25) is 14.3 Å². The molecule has 1 aliphatic rings. The smallest absolute Gasteiger partial charge is 0.378 e. The molecule has 0 unspecified atom stereocenters. The van der Waals surface area contributed by atoms with E-state index in [1.54, 1.807) is 6.07 Å². The Morgan fingerprint density at radius 1 is 1.22 bits per heavy atom. The van der Waals surface area contributed by atoms with E-state index in [1.807, 2.05) is 0 Å². The largest absolute Gasteiger partial charge is 0.420 e. The summed E-state index contributed by atoms with van der Waals surface area (Å²) < 4.78 is 81.0. The highest BCUT2D eigenvalue weighted by molar-refractivity contribution is 6.31. The quantitative estimate of drug-likeness (QED) is 0.489. The van der Waals surface area contributed by atoms with Gasteiger partial charge in [0, 0.05) is 0 Å². The summed E-state index contributed by atoms with van der Waals surface area (Å²) in [6.45, 7) is -3.01. The number of nitrogens with zero attached hydrogens (tertiary/aromatic N) is 6. The van der Waals surface area contributed by atoms with Crippen LogP contribution in [0.2, 0.25) is 5.02 Å². The lowest BCUT2D eigenvalue weighted by Crippen LogP contribution is -2.70. The van der Waals surface area contributed by atoms with Crippen LogP contribution < -0.4 is 16.1 Å². The van der Waals surface area contributed by atoms with Crippen molar-refractivity contribution in [2.75, 3.05) is 18.0 Å². The zero-order valence-electron chi connectivity index (χ0n) is 18.2. The maximum absolute atomic E-state index is 13.8. The third kappa shape index (κ3) is 4.42. The van der Waals surface area contributed by atoms with Crippen LogP contribution in [0, 0.1) is 17.1 Å². The second-order valence-electron chi connectivity index (χ2n) is 7.98. The van der Waals surface area contributed by atoms with E-state index < -0.39 is 82.8 Å². The van der Waals surface area contributed by atoms with Gasteiger partial charge < -0.3 is 10.0 Å². The lowest BCUT2D eigenvalue weighted by atomic mass is 9.92. The number of aliphatic hydroxyl groups is 1. The molecule has 1 N–H and O–H groups in total. The molecule has 16 heteroatoms. The summed E-state index contributed by atoms with van der Waals surface area (Å²) in [6, 6.07) is 4.50. The molecular formula is C21H13ClF6N6O3. The van der Waals surface area contributed by atoms with E-state index in [0.717, 1.165) is 29.3 Å². The van der Waals surface area contributed by atoms with Crippen LogP contribution in [-0.2, 0) is 6.54 Å². The first-order valence-corrected chi connectivity index (χ1v) is 10.5. The molecule has 0 aliphatic carbocycles. The number of β-amino-alcohol motifs (C(OH)–C–C–N with tert-alkyl or cyclic N) is 1. The number of aromatic nitrogens is 4. The van der Waals surface area contributed by atoms with Crippen LogP contribution in [0.15, 0.2) is 40.2 Å². The summed E-state index contributed by atoms with van der Waals surface area (Å²) in [7, 11) is 0. The SMILES string of the molecule is N#CCn1c(N2CC(O)(C(F)(F)F)C2)c(-c2ccc(F)c(Cl)c2)c(=O)n(-c2cncc(C(F)F)n2)c1=O. The molecule has 3 aromatic rings. The van der Waals surface area contributed by atoms with Crippen LogP contribution in [0.5, 0.6) is 0 Å². The Bertz CT molecular complexity index is 1540. The fourth-order valence-corrected chi connectivity index (χ4v) is 3.97. The average Bonchev–Trinajstić information content (AvgIpc) is 2.80. The lowest BCUT2D eigenvalue weighted by Gasteiger charge is -2.48. The van der Waals surface area contributed by atoms with Crippen LogP contribution in [0.4, 0.5) is 32.2 Å². The summed E-state index contributed by atoms with van der Waals surface area (Å²) in [4.78, 5) is 34.9. The standard InChI is InChI=1S/C21H13ClF6N6O3/c22-11-5-10(1-2-12(11)23)15-17(32-8-20(37,9-32)21(26,27)28)33(4-3-29)19(36)34(18(15)35)14-7-30-6-13(31-14)16(24)25/h1-2,5-7,16,37H,4,8-9H2. The molecule has 0 radical (unpaired) electrons.